The fourth-order valence-electron chi connectivity index (χ4n) is 1.01. The van der Waals surface area contributed by atoms with Gasteiger partial charge in [0.2, 0.25) is 0 Å². The molecule has 0 aliphatic heterocycles. The molecule has 60 valence electrons. The highest BCUT2D eigenvalue weighted by atomic mass is 16.1. The molecule has 0 atom stereocenters. The molecule has 1 rings (SSSR count). The van der Waals surface area contributed by atoms with Crippen LogP contribution in [0.3, 0.4) is 0 Å². The number of carbonyl (C=O) groups is 1. The molecule has 0 fully saturated rings. The molecule has 0 heterocycles. The molecule has 0 amide bonds. The molecule has 1 nitrogen and oxygen atoms in total. The Morgan fingerprint density at radius 2 is 2.08 bits per heavy atom. The molecule has 0 saturated heterocycles. The zero-order chi connectivity index (χ0) is 8.81. The van der Waals surface area contributed by atoms with Crippen molar-refractivity contribution in [2.24, 2.45) is 0 Å². The molecule has 1 aromatic rings. The van der Waals surface area contributed by atoms with Gasteiger partial charge < -0.3 is 4.79 Å². The van der Waals surface area contributed by atoms with Gasteiger partial charge in [-0.2, -0.15) is 0 Å². The van der Waals surface area contributed by atoms with Crippen LogP contribution in [0.5, 0.6) is 0 Å². The first-order chi connectivity index (χ1) is 5.88. The third-order valence-corrected chi connectivity index (χ3v) is 1.62. The van der Waals surface area contributed by atoms with Crippen molar-refractivity contribution in [1.29, 1.82) is 0 Å². The molecule has 0 N–H and O–H groups in total. The van der Waals surface area contributed by atoms with Gasteiger partial charge in [0.15, 0.2) is 0 Å². The lowest BCUT2D eigenvalue weighted by molar-refractivity contribution is -0.107. The highest BCUT2D eigenvalue weighted by molar-refractivity contribution is 5.76. The van der Waals surface area contributed by atoms with Gasteiger partial charge in [0.1, 0.15) is 6.29 Å². The number of carbonyl (C=O) groups excluding carboxylic acids is 1. The van der Waals surface area contributed by atoms with Gasteiger partial charge in [-0.3, -0.25) is 0 Å². The highest BCUT2D eigenvalue weighted by Crippen LogP contribution is 2.14. The molecular formula is C11H10O. The predicted molar refractivity (Wildman–Crippen MR) is 49.7 cm³/mol. The summed E-state index contributed by atoms with van der Waals surface area (Å²) in [5, 5.41) is 0. The molecule has 12 heavy (non-hydrogen) atoms. The third-order valence-electron chi connectivity index (χ3n) is 1.62. The van der Waals surface area contributed by atoms with Gasteiger partial charge >= 0.3 is 0 Å². The summed E-state index contributed by atoms with van der Waals surface area (Å²) < 4.78 is 0. The topological polar surface area (TPSA) is 17.1 Å². The number of aldehydes is 1. The van der Waals surface area contributed by atoms with Crippen molar-refractivity contribution in [3.63, 3.8) is 0 Å². The van der Waals surface area contributed by atoms with E-state index in [2.05, 4.69) is 12.3 Å². The van der Waals surface area contributed by atoms with Crippen LogP contribution in [0.15, 0.2) is 42.6 Å². The van der Waals surface area contributed by atoms with Crippen molar-refractivity contribution in [2.45, 2.75) is 6.42 Å². The Hall–Kier alpha value is -1.59. The first-order valence-electron chi connectivity index (χ1n) is 3.76. The molecule has 1 heteroatoms. The van der Waals surface area contributed by atoms with E-state index in [4.69, 9.17) is 0 Å². The van der Waals surface area contributed by atoms with E-state index in [0.717, 1.165) is 17.4 Å². The minimum atomic E-state index is 0.382. The standard InChI is InChI=1S/C11H10O/c1-2-10(8-9-12)11-6-4-3-5-7-11/h3-7,9H,1,8H2. The van der Waals surface area contributed by atoms with Crippen molar-refractivity contribution in [1.82, 2.24) is 0 Å². The first kappa shape index (κ1) is 8.51. The zero-order valence-corrected chi connectivity index (χ0v) is 6.79. The smallest absolute Gasteiger partial charge is 0.125 e. The van der Waals surface area contributed by atoms with E-state index in [-0.39, 0.29) is 0 Å². The van der Waals surface area contributed by atoms with E-state index in [0.29, 0.717) is 6.42 Å². The normalized spacial score (nSPS) is 8.67. The summed E-state index contributed by atoms with van der Waals surface area (Å²) in [6.45, 7) is 3.54. The lowest BCUT2D eigenvalue weighted by Crippen LogP contribution is -1.82. The van der Waals surface area contributed by atoms with Crippen LogP contribution in [-0.4, -0.2) is 6.29 Å². The van der Waals surface area contributed by atoms with E-state index in [1.165, 1.54) is 0 Å². The number of hydrogen-bond acceptors (Lipinski definition) is 1. The largest absolute Gasteiger partial charge is 0.303 e. The lowest BCUT2D eigenvalue weighted by atomic mass is 10.1. The summed E-state index contributed by atoms with van der Waals surface area (Å²) in [7, 11) is 0. The van der Waals surface area contributed by atoms with Crippen LogP contribution < -0.4 is 0 Å². The second-order valence-corrected chi connectivity index (χ2v) is 2.39. The second-order valence-electron chi connectivity index (χ2n) is 2.39. The molecule has 0 spiro atoms. The van der Waals surface area contributed by atoms with Gasteiger partial charge in [0.05, 0.1) is 0 Å². The Kier molecular flexibility index (Phi) is 3.06. The molecule has 0 aliphatic carbocycles. The van der Waals surface area contributed by atoms with Gasteiger partial charge in [-0.1, -0.05) is 36.9 Å². The summed E-state index contributed by atoms with van der Waals surface area (Å²) in [5.74, 6) is 0. The van der Waals surface area contributed by atoms with Gasteiger partial charge in [-0.15, -0.1) is 5.73 Å². The number of hydrogen-bond donors (Lipinski definition) is 0. The number of rotatable bonds is 3. The Labute approximate surface area is 72.0 Å². The molecule has 1 aromatic carbocycles. The Balaban J connectivity index is 2.96. The highest BCUT2D eigenvalue weighted by Gasteiger charge is 1.96. The van der Waals surface area contributed by atoms with E-state index >= 15 is 0 Å². The molecule has 0 saturated carbocycles. The van der Waals surface area contributed by atoms with Gasteiger partial charge in [-0.25, -0.2) is 0 Å². The van der Waals surface area contributed by atoms with Gasteiger partial charge in [0, 0.05) is 12.0 Å². The molecular weight excluding hydrogens is 148 g/mol. The van der Waals surface area contributed by atoms with Crippen LogP contribution >= 0.6 is 0 Å². The van der Waals surface area contributed by atoms with Crippen molar-refractivity contribution in [2.75, 3.05) is 0 Å². The van der Waals surface area contributed by atoms with Gasteiger partial charge in [0.25, 0.3) is 0 Å². The fourth-order valence-corrected chi connectivity index (χ4v) is 1.01. The summed E-state index contributed by atoms with van der Waals surface area (Å²) in [4.78, 5) is 10.3. The fraction of sp³-hybridized carbons (Fsp3) is 0.0909. The summed E-state index contributed by atoms with van der Waals surface area (Å²) in [6.07, 6.45) is 1.24. The Bertz CT molecular complexity index is 305. The van der Waals surface area contributed by atoms with Crippen LogP contribution in [-0.2, 0) is 4.79 Å². The summed E-state index contributed by atoms with van der Waals surface area (Å²) >= 11 is 0. The van der Waals surface area contributed by atoms with Crippen molar-refractivity contribution in [3.8, 4) is 0 Å². The van der Waals surface area contributed by atoms with Crippen LogP contribution in [0.2, 0.25) is 0 Å². The van der Waals surface area contributed by atoms with E-state index in [1.54, 1.807) is 0 Å². The minimum absolute atomic E-state index is 0.382. The first-order valence-corrected chi connectivity index (χ1v) is 3.76. The van der Waals surface area contributed by atoms with E-state index in [1.807, 2.05) is 30.3 Å². The number of benzene rings is 1. The molecule has 0 unspecified atom stereocenters. The average Bonchev–Trinajstić information content (AvgIpc) is 2.15. The number of allylic oxidation sites excluding steroid dienone is 1. The van der Waals surface area contributed by atoms with Crippen molar-refractivity contribution >= 4 is 11.9 Å². The van der Waals surface area contributed by atoms with Crippen LogP contribution in [0.4, 0.5) is 0 Å². The van der Waals surface area contributed by atoms with E-state index in [9.17, 15) is 4.79 Å². The quantitative estimate of drug-likeness (QED) is 0.487. The minimum Gasteiger partial charge on any atom is -0.303 e. The third kappa shape index (κ3) is 1.94. The molecule has 0 aromatic heterocycles. The SMILES string of the molecule is C=C=C(CC=O)c1ccccc1. The second kappa shape index (κ2) is 4.32. The van der Waals surface area contributed by atoms with Crippen molar-refractivity contribution < 1.29 is 4.79 Å². The maximum Gasteiger partial charge on any atom is 0.125 e. The maximum absolute atomic E-state index is 10.3. The Morgan fingerprint density at radius 1 is 1.42 bits per heavy atom. The average molecular weight is 158 g/mol. The predicted octanol–water partition coefficient (Wildman–Crippen LogP) is 2.44. The maximum atomic E-state index is 10.3. The lowest BCUT2D eigenvalue weighted by Gasteiger charge is -1.98. The summed E-state index contributed by atoms with van der Waals surface area (Å²) in [5.41, 5.74) is 4.62. The zero-order valence-electron chi connectivity index (χ0n) is 6.79. The molecule has 0 aliphatic rings. The monoisotopic (exact) mass is 158 g/mol. The van der Waals surface area contributed by atoms with E-state index < -0.39 is 0 Å². The van der Waals surface area contributed by atoms with Crippen LogP contribution in [0.25, 0.3) is 5.57 Å². The van der Waals surface area contributed by atoms with Gasteiger partial charge in [-0.05, 0) is 5.56 Å². The van der Waals surface area contributed by atoms with Crippen molar-refractivity contribution in [3.05, 3.63) is 48.2 Å². The summed E-state index contributed by atoms with van der Waals surface area (Å²) in [6, 6.07) is 9.67. The molecule has 0 radical (unpaired) electrons. The Morgan fingerprint density at radius 3 is 2.58 bits per heavy atom. The van der Waals surface area contributed by atoms with Crippen LogP contribution in [0, 0.1) is 0 Å². The van der Waals surface area contributed by atoms with Crippen LogP contribution in [0.1, 0.15) is 12.0 Å². The molecule has 0 bridgehead atoms.